The fraction of sp³-hybridized carbons (Fsp3) is 0.333. The Morgan fingerprint density at radius 3 is 2.74 bits per heavy atom. The van der Waals surface area contributed by atoms with Gasteiger partial charge in [-0.3, -0.25) is 4.99 Å². The summed E-state index contributed by atoms with van der Waals surface area (Å²) in [6, 6.07) is 11.1. The van der Waals surface area contributed by atoms with E-state index in [1.807, 2.05) is 11.0 Å². The molecule has 2 aromatic rings. The monoisotopic (exact) mass is 548 g/mol. The molecule has 0 bridgehead atoms. The molecule has 0 amide bonds. The summed E-state index contributed by atoms with van der Waals surface area (Å²) in [6.07, 6.45) is -4.98. The second-order valence-corrected chi connectivity index (χ2v) is 6.75. The molecule has 1 aliphatic heterocycles. The molecule has 1 heterocycles. The maximum Gasteiger partial charge on any atom is 0.416 e. The summed E-state index contributed by atoms with van der Waals surface area (Å²) >= 11 is 0. The molecule has 2 aromatic carbocycles. The van der Waals surface area contributed by atoms with Gasteiger partial charge in [0.15, 0.2) is 5.96 Å². The van der Waals surface area contributed by atoms with Crippen LogP contribution in [0.3, 0.4) is 0 Å². The Bertz CT molecular complexity index is 975. The standard InChI is InChI=1S/C21H20F4N4O.HI/c1-27-20(28-12-16-9-14(11-26)5-6-18(16)22)29-7-8-30-19(13-29)15-3-2-4-17(10-15)21(23,24)25;/h2-6,9-10,19H,7-8,12-13H2,1H3,(H,27,28);1H. The number of nitrogens with zero attached hydrogens (tertiary/aromatic N) is 3. The van der Waals surface area contributed by atoms with Crippen molar-refractivity contribution >= 4 is 29.9 Å². The van der Waals surface area contributed by atoms with E-state index in [1.165, 1.54) is 24.3 Å². The number of ether oxygens (including phenoxy) is 1. The molecular weight excluding hydrogens is 527 g/mol. The molecule has 10 heteroatoms. The zero-order valence-corrected chi connectivity index (χ0v) is 18.9. The van der Waals surface area contributed by atoms with Crippen molar-refractivity contribution in [2.45, 2.75) is 18.8 Å². The molecule has 1 atom stereocenters. The molecule has 1 saturated heterocycles. The van der Waals surface area contributed by atoms with Gasteiger partial charge in [-0.2, -0.15) is 18.4 Å². The molecular formula is C21H21F4IN4O. The molecule has 3 rings (SSSR count). The number of nitrogens with one attached hydrogen (secondary N) is 1. The Hall–Kier alpha value is -2.39. The lowest BCUT2D eigenvalue weighted by Gasteiger charge is -2.35. The summed E-state index contributed by atoms with van der Waals surface area (Å²) < 4.78 is 58.7. The molecule has 1 fully saturated rings. The fourth-order valence-corrected chi connectivity index (χ4v) is 3.24. The summed E-state index contributed by atoms with van der Waals surface area (Å²) in [5, 5.41) is 12.0. The van der Waals surface area contributed by atoms with Gasteiger partial charge >= 0.3 is 6.18 Å². The molecule has 0 radical (unpaired) electrons. The third kappa shape index (κ3) is 6.30. The van der Waals surface area contributed by atoms with Crippen molar-refractivity contribution in [3.05, 3.63) is 70.5 Å². The first-order valence-corrected chi connectivity index (χ1v) is 9.24. The molecule has 166 valence electrons. The number of aliphatic imine (C=N–C) groups is 1. The maximum absolute atomic E-state index is 14.0. The van der Waals surface area contributed by atoms with Gasteiger partial charge in [0.2, 0.25) is 0 Å². The van der Waals surface area contributed by atoms with E-state index in [0.29, 0.717) is 42.3 Å². The van der Waals surface area contributed by atoms with Crippen LogP contribution in [0.1, 0.15) is 28.4 Å². The second kappa shape index (κ2) is 10.8. The largest absolute Gasteiger partial charge is 0.416 e. The Labute approximate surface area is 194 Å². The van der Waals surface area contributed by atoms with E-state index in [-0.39, 0.29) is 30.5 Å². The van der Waals surface area contributed by atoms with E-state index in [9.17, 15) is 17.6 Å². The highest BCUT2D eigenvalue weighted by Gasteiger charge is 2.32. The van der Waals surface area contributed by atoms with Crippen molar-refractivity contribution in [3.8, 4) is 6.07 Å². The average molecular weight is 548 g/mol. The Kier molecular flexibility index (Phi) is 8.64. The fourth-order valence-electron chi connectivity index (χ4n) is 3.24. The summed E-state index contributed by atoms with van der Waals surface area (Å²) in [6.45, 7) is 1.19. The predicted molar refractivity (Wildman–Crippen MR) is 118 cm³/mol. The van der Waals surface area contributed by atoms with E-state index in [2.05, 4.69) is 10.3 Å². The SMILES string of the molecule is CN=C(NCc1cc(C#N)ccc1F)N1CCOC(c2cccc(C(F)(F)F)c2)C1.I. The minimum Gasteiger partial charge on any atom is -0.370 e. The minimum atomic E-state index is -4.43. The van der Waals surface area contributed by atoms with Crippen LogP contribution in [0.5, 0.6) is 0 Å². The Morgan fingerprint density at radius 2 is 2.06 bits per heavy atom. The molecule has 1 N–H and O–H groups in total. The number of hydrogen-bond acceptors (Lipinski definition) is 3. The zero-order valence-electron chi connectivity index (χ0n) is 16.6. The minimum absolute atomic E-state index is 0. The van der Waals surface area contributed by atoms with Crippen LogP contribution in [0.25, 0.3) is 0 Å². The lowest BCUT2D eigenvalue weighted by atomic mass is 10.0. The Balaban J connectivity index is 0.00000341. The van der Waals surface area contributed by atoms with Gasteiger partial charge in [0.1, 0.15) is 11.9 Å². The molecule has 1 aliphatic rings. The van der Waals surface area contributed by atoms with Crippen LogP contribution >= 0.6 is 24.0 Å². The van der Waals surface area contributed by atoms with Crippen molar-refractivity contribution in [3.63, 3.8) is 0 Å². The summed E-state index contributed by atoms with van der Waals surface area (Å²) in [5.74, 6) is 0.0257. The van der Waals surface area contributed by atoms with Gasteiger partial charge in [0.25, 0.3) is 0 Å². The van der Waals surface area contributed by atoms with E-state index in [0.717, 1.165) is 12.1 Å². The molecule has 1 unspecified atom stereocenters. The van der Waals surface area contributed by atoms with Gasteiger partial charge in [0, 0.05) is 25.7 Å². The van der Waals surface area contributed by atoms with Crippen LogP contribution in [0.2, 0.25) is 0 Å². The van der Waals surface area contributed by atoms with Crippen LogP contribution in [0.15, 0.2) is 47.5 Å². The van der Waals surface area contributed by atoms with Crippen molar-refractivity contribution in [1.82, 2.24) is 10.2 Å². The van der Waals surface area contributed by atoms with Gasteiger partial charge in [-0.15, -0.1) is 24.0 Å². The smallest absolute Gasteiger partial charge is 0.370 e. The molecule has 31 heavy (non-hydrogen) atoms. The predicted octanol–water partition coefficient (Wildman–Crippen LogP) is 4.48. The van der Waals surface area contributed by atoms with Gasteiger partial charge in [0.05, 0.1) is 30.3 Å². The summed E-state index contributed by atoms with van der Waals surface area (Å²) in [5.41, 5.74) is 0.367. The van der Waals surface area contributed by atoms with Crippen LogP contribution in [0.4, 0.5) is 17.6 Å². The lowest BCUT2D eigenvalue weighted by molar-refractivity contribution is -0.137. The van der Waals surface area contributed by atoms with E-state index in [1.54, 1.807) is 13.1 Å². The van der Waals surface area contributed by atoms with Gasteiger partial charge in [-0.25, -0.2) is 4.39 Å². The van der Waals surface area contributed by atoms with Crippen LogP contribution in [-0.2, 0) is 17.5 Å². The number of guanidine groups is 1. The van der Waals surface area contributed by atoms with Crippen molar-refractivity contribution < 1.29 is 22.3 Å². The lowest BCUT2D eigenvalue weighted by Crippen LogP contribution is -2.48. The molecule has 0 aliphatic carbocycles. The van der Waals surface area contributed by atoms with Crippen molar-refractivity contribution in [2.75, 3.05) is 26.7 Å². The number of benzene rings is 2. The number of alkyl halides is 3. The number of hydrogen-bond donors (Lipinski definition) is 1. The van der Waals surface area contributed by atoms with Gasteiger partial charge in [-0.1, -0.05) is 12.1 Å². The topological polar surface area (TPSA) is 60.7 Å². The van der Waals surface area contributed by atoms with Crippen molar-refractivity contribution in [1.29, 1.82) is 5.26 Å². The number of rotatable bonds is 3. The first kappa shape index (κ1) is 24.9. The van der Waals surface area contributed by atoms with Gasteiger partial charge < -0.3 is 15.0 Å². The second-order valence-electron chi connectivity index (χ2n) is 6.75. The normalized spacial score (nSPS) is 17.0. The van der Waals surface area contributed by atoms with E-state index < -0.39 is 23.7 Å². The number of nitriles is 1. The third-order valence-electron chi connectivity index (χ3n) is 4.78. The van der Waals surface area contributed by atoms with E-state index >= 15 is 0 Å². The van der Waals surface area contributed by atoms with Crippen LogP contribution < -0.4 is 5.32 Å². The zero-order chi connectivity index (χ0) is 21.7. The molecule has 0 spiro atoms. The molecule has 0 saturated carbocycles. The first-order valence-electron chi connectivity index (χ1n) is 9.24. The van der Waals surface area contributed by atoms with Crippen LogP contribution in [-0.4, -0.2) is 37.6 Å². The first-order chi connectivity index (χ1) is 14.3. The quantitative estimate of drug-likeness (QED) is 0.266. The maximum atomic E-state index is 14.0. The highest BCUT2D eigenvalue weighted by atomic mass is 127. The number of morpholine rings is 1. The average Bonchev–Trinajstić information content (AvgIpc) is 2.75. The highest BCUT2D eigenvalue weighted by molar-refractivity contribution is 14.0. The summed E-state index contributed by atoms with van der Waals surface area (Å²) in [4.78, 5) is 6.04. The third-order valence-corrected chi connectivity index (χ3v) is 4.78. The van der Waals surface area contributed by atoms with Crippen molar-refractivity contribution in [2.24, 2.45) is 4.99 Å². The van der Waals surface area contributed by atoms with E-state index in [4.69, 9.17) is 10.00 Å². The Morgan fingerprint density at radius 1 is 1.29 bits per heavy atom. The van der Waals surface area contributed by atoms with Crippen LogP contribution in [0, 0.1) is 17.1 Å². The molecule has 0 aromatic heterocycles. The highest BCUT2D eigenvalue weighted by Crippen LogP contribution is 2.32. The summed E-state index contributed by atoms with van der Waals surface area (Å²) in [7, 11) is 1.57. The number of halogens is 5. The van der Waals surface area contributed by atoms with Gasteiger partial charge in [-0.05, 0) is 35.9 Å². The molecule has 5 nitrogen and oxygen atoms in total.